The van der Waals surface area contributed by atoms with Crippen LogP contribution in [-0.2, 0) is 22.8 Å². The third-order valence-electron chi connectivity index (χ3n) is 2.52. The van der Waals surface area contributed by atoms with Crippen molar-refractivity contribution in [1.82, 2.24) is 9.97 Å². The molecule has 0 atom stereocenters. The van der Waals surface area contributed by atoms with Gasteiger partial charge in [0, 0.05) is 6.07 Å². The number of carbonyl (C=O) groups is 1. The first-order valence-electron chi connectivity index (χ1n) is 6.08. The topological polar surface area (TPSA) is 64.1 Å². The number of anilines is 1. The third kappa shape index (κ3) is 4.31. The SMILES string of the molecule is O=C(CNc1cc(CF)ncn1)OCc1ccccc1. The van der Waals surface area contributed by atoms with E-state index in [1.165, 1.54) is 12.4 Å². The Balaban J connectivity index is 1.77. The summed E-state index contributed by atoms with van der Waals surface area (Å²) >= 11 is 0. The minimum atomic E-state index is -0.671. The fourth-order valence-corrected chi connectivity index (χ4v) is 1.52. The molecule has 1 aromatic heterocycles. The molecular formula is C14H14FN3O2. The number of nitrogens with one attached hydrogen (secondary N) is 1. The molecule has 1 heterocycles. The lowest BCUT2D eigenvalue weighted by atomic mass is 10.2. The molecule has 5 nitrogen and oxygen atoms in total. The van der Waals surface area contributed by atoms with Crippen molar-refractivity contribution in [3.63, 3.8) is 0 Å². The standard InChI is InChI=1S/C14H14FN3O2/c15-7-12-6-13(18-10-17-12)16-8-14(19)20-9-11-4-2-1-3-5-11/h1-6,10H,7-9H2,(H,16,17,18). The van der Waals surface area contributed by atoms with Crippen LogP contribution in [0.3, 0.4) is 0 Å². The first-order chi connectivity index (χ1) is 9.78. The highest BCUT2D eigenvalue weighted by Crippen LogP contribution is 2.05. The molecule has 2 rings (SSSR count). The lowest BCUT2D eigenvalue weighted by Crippen LogP contribution is -2.17. The zero-order valence-electron chi connectivity index (χ0n) is 10.8. The third-order valence-corrected chi connectivity index (χ3v) is 2.52. The Kier molecular flexibility index (Phi) is 5.00. The molecule has 0 aliphatic carbocycles. The first-order valence-corrected chi connectivity index (χ1v) is 6.08. The van der Waals surface area contributed by atoms with Crippen LogP contribution in [0.15, 0.2) is 42.7 Å². The fourth-order valence-electron chi connectivity index (χ4n) is 1.52. The van der Waals surface area contributed by atoms with E-state index in [4.69, 9.17) is 4.74 Å². The van der Waals surface area contributed by atoms with Crippen LogP contribution < -0.4 is 5.32 Å². The molecule has 2 aromatic rings. The molecule has 0 amide bonds. The van der Waals surface area contributed by atoms with E-state index in [1.807, 2.05) is 30.3 Å². The van der Waals surface area contributed by atoms with E-state index < -0.39 is 12.6 Å². The van der Waals surface area contributed by atoms with Gasteiger partial charge in [0.15, 0.2) is 0 Å². The van der Waals surface area contributed by atoms with Gasteiger partial charge in [-0.3, -0.25) is 4.79 Å². The summed E-state index contributed by atoms with van der Waals surface area (Å²) < 4.78 is 17.5. The van der Waals surface area contributed by atoms with Crippen molar-refractivity contribution in [2.75, 3.05) is 11.9 Å². The number of alkyl halides is 1. The van der Waals surface area contributed by atoms with E-state index >= 15 is 0 Å². The minimum absolute atomic E-state index is 0.0322. The van der Waals surface area contributed by atoms with Crippen LogP contribution in [0.2, 0.25) is 0 Å². The summed E-state index contributed by atoms with van der Waals surface area (Å²) in [5.41, 5.74) is 1.18. The molecule has 1 aromatic carbocycles. The molecule has 0 unspecified atom stereocenters. The van der Waals surface area contributed by atoms with Gasteiger partial charge >= 0.3 is 5.97 Å². The Hall–Kier alpha value is -2.50. The second-order valence-electron chi connectivity index (χ2n) is 4.03. The zero-order chi connectivity index (χ0) is 14.2. The van der Waals surface area contributed by atoms with Gasteiger partial charge in [-0.15, -0.1) is 0 Å². The second-order valence-corrected chi connectivity index (χ2v) is 4.03. The molecule has 0 bridgehead atoms. The normalized spacial score (nSPS) is 10.1. The Morgan fingerprint density at radius 2 is 2.05 bits per heavy atom. The second kappa shape index (κ2) is 7.18. The summed E-state index contributed by atoms with van der Waals surface area (Å²) in [6.07, 6.45) is 1.24. The maximum Gasteiger partial charge on any atom is 0.325 e. The molecule has 0 fully saturated rings. The molecule has 0 aliphatic rings. The van der Waals surface area contributed by atoms with E-state index in [-0.39, 0.29) is 18.8 Å². The Bertz CT molecular complexity index is 563. The van der Waals surface area contributed by atoms with Gasteiger partial charge < -0.3 is 10.1 Å². The van der Waals surface area contributed by atoms with Crippen molar-refractivity contribution < 1.29 is 13.9 Å². The van der Waals surface area contributed by atoms with Crippen molar-refractivity contribution in [2.45, 2.75) is 13.3 Å². The molecule has 0 spiro atoms. The van der Waals surface area contributed by atoms with Crippen molar-refractivity contribution in [2.24, 2.45) is 0 Å². The number of rotatable bonds is 6. The van der Waals surface area contributed by atoms with Crippen LogP contribution in [-0.4, -0.2) is 22.5 Å². The van der Waals surface area contributed by atoms with Gasteiger partial charge in [-0.25, -0.2) is 14.4 Å². The van der Waals surface area contributed by atoms with Crippen LogP contribution >= 0.6 is 0 Å². The van der Waals surface area contributed by atoms with Gasteiger partial charge in [0.05, 0.1) is 5.69 Å². The summed E-state index contributed by atoms with van der Waals surface area (Å²) in [5, 5.41) is 2.76. The zero-order valence-corrected chi connectivity index (χ0v) is 10.8. The minimum Gasteiger partial charge on any atom is -0.460 e. The average molecular weight is 275 g/mol. The number of ether oxygens (including phenoxy) is 1. The fraction of sp³-hybridized carbons (Fsp3) is 0.214. The van der Waals surface area contributed by atoms with Crippen LogP contribution in [0.5, 0.6) is 0 Å². The molecule has 104 valence electrons. The van der Waals surface area contributed by atoms with Gasteiger partial charge in [-0.1, -0.05) is 30.3 Å². The van der Waals surface area contributed by atoms with Crippen LogP contribution in [0, 0.1) is 0 Å². The van der Waals surface area contributed by atoms with E-state index in [1.54, 1.807) is 0 Å². The van der Waals surface area contributed by atoms with Crippen LogP contribution in [0.25, 0.3) is 0 Å². The number of aromatic nitrogens is 2. The van der Waals surface area contributed by atoms with E-state index in [0.717, 1.165) is 5.56 Å². The van der Waals surface area contributed by atoms with Crippen molar-refractivity contribution in [3.05, 3.63) is 54.0 Å². The molecular weight excluding hydrogens is 261 g/mol. The number of benzene rings is 1. The predicted octanol–water partition coefficient (Wildman–Crippen LogP) is 2.10. The monoisotopic (exact) mass is 275 g/mol. The van der Waals surface area contributed by atoms with Crippen LogP contribution in [0.4, 0.5) is 10.2 Å². The van der Waals surface area contributed by atoms with Gasteiger partial charge in [0.25, 0.3) is 0 Å². The number of halogens is 1. The quantitative estimate of drug-likeness (QED) is 0.818. The number of hydrogen-bond donors (Lipinski definition) is 1. The smallest absolute Gasteiger partial charge is 0.325 e. The molecule has 1 N–H and O–H groups in total. The first kappa shape index (κ1) is 13.9. The van der Waals surface area contributed by atoms with E-state index in [9.17, 15) is 9.18 Å². The van der Waals surface area contributed by atoms with E-state index in [2.05, 4.69) is 15.3 Å². The van der Waals surface area contributed by atoms with Gasteiger partial charge in [-0.2, -0.15) is 0 Å². The van der Waals surface area contributed by atoms with Crippen LogP contribution in [0.1, 0.15) is 11.3 Å². The molecule has 20 heavy (non-hydrogen) atoms. The Morgan fingerprint density at radius 3 is 2.80 bits per heavy atom. The average Bonchev–Trinajstić information content (AvgIpc) is 2.52. The summed E-state index contributed by atoms with van der Waals surface area (Å²) in [4.78, 5) is 19.1. The maximum absolute atomic E-state index is 12.4. The Morgan fingerprint density at radius 1 is 1.25 bits per heavy atom. The number of esters is 1. The van der Waals surface area contributed by atoms with Gasteiger partial charge in [0.1, 0.15) is 32.0 Å². The molecule has 0 saturated carbocycles. The summed E-state index contributed by atoms with van der Waals surface area (Å²) in [5.74, 6) is -0.0152. The predicted molar refractivity (Wildman–Crippen MR) is 71.6 cm³/mol. The molecule has 0 saturated heterocycles. The molecule has 0 radical (unpaired) electrons. The van der Waals surface area contributed by atoms with Gasteiger partial charge in [-0.05, 0) is 5.56 Å². The van der Waals surface area contributed by atoms with E-state index in [0.29, 0.717) is 5.82 Å². The summed E-state index contributed by atoms with van der Waals surface area (Å²) in [6.45, 7) is -0.480. The highest BCUT2D eigenvalue weighted by atomic mass is 19.1. The number of carbonyl (C=O) groups excluding carboxylic acids is 1. The Labute approximate surface area is 115 Å². The lowest BCUT2D eigenvalue weighted by Gasteiger charge is -2.07. The maximum atomic E-state index is 12.4. The number of hydrogen-bond acceptors (Lipinski definition) is 5. The van der Waals surface area contributed by atoms with Crippen molar-refractivity contribution in [1.29, 1.82) is 0 Å². The highest BCUT2D eigenvalue weighted by molar-refractivity contribution is 5.74. The molecule has 6 heteroatoms. The van der Waals surface area contributed by atoms with Crippen molar-refractivity contribution in [3.8, 4) is 0 Å². The highest BCUT2D eigenvalue weighted by Gasteiger charge is 2.04. The van der Waals surface area contributed by atoms with Gasteiger partial charge in [0.2, 0.25) is 0 Å². The summed E-state index contributed by atoms with van der Waals surface area (Å²) in [6, 6.07) is 10.8. The molecule has 0 aliphatic heterocycles. The number of nitrogens with zero attached hydrogens (tertiary/aromatic N) is 2. The van der Waals surface area contributed by atoms with Crippen molar-refractivity contribution >= 4 is 11.8 Å². The largest absolute Gasteiger partial charge is 0.460 e. The summed E-state index contributed by atoms with van der Waals surface area (Å²) in [7, 11) is 0. The lowest BCUT2D eigenvalue weighted by molar-refractivity contribution is -0.142.